The number of benzene rings is 1. The van der Waals surface area contributed by atoms with Gasteiger partial charge in [-0.25, -0.2) is 0 Å². The maximum absolute atomic E-state index is 5.31. The first-order valence-corrected chi connectivity index (χ1v) is 5.53. The number of hydrogen-bond donors (Lipinski definition) is 1. The Morgan fingerprint density at radius 3 is 2.86 bits per heavy atom. The van der Waals surface area contributed by atoms with Crippen LogP contribution in [0.4, 0.5) is 0 Å². The Bertz CT molecular complexity index is 312. The number of thiol groups is 1. The molecule has 14 heavy (non-hydrogen) atoms. The predicted molar refractivity (Wildman–Crippen MR) is 59.4 cm³/mol. The SMILES string of the molecule is SCCCCc1ccc2c(c1)OCO2. The maximum Gasteiger partial charge on any atom is 0.231 e. The van der Waals surface area contributed by atoms with Gasteiger partial charge in [-0.2, -0.15) is 12.6 Å². The highest BCUT2D eigenvalue weighted by molar-refractivity contribution is 7.80. The predicted octanol–water partition coefficient (Wildman–Crippen LogP) is 2.67. The van der Waals surface area contributed by atoms with Gasteiger partial charge < -0.3 is 9.47 Å². The van der Waals surface area contributed by atoms with Crippen LogP contribution in [-0.2, 0) is 6.42 Å². The van der Waals surface area contributed by atoms with Gasteiger partial charge in [0, 0.05) is 0 Å². The molecule has 1 aromatic carbocycles. The molecule has 0 atom stereocenters. The fourth-order valence-corrected chi connectivity index (χ4v) is 1.76. The van der Waals surface area contributed by atoms with Gasteiger partial charge in [0.1, 0.15) is 0 Å². The van der Waals surface area contributed by atoms with Crippen LogP contribution in [0.15, 0.2) is 18.2 Å². The Hall–Kier alpha value is -0.830. The van der Waals surface area contributed by atoms with Crippen molar-refractivity contribution in [2.75, 3.05) is 12.5 Å². The van der Waals surface area contributed by atoms with Gasteiger partial charge in [0.2, 0.25) is 6.79 Å². The number of ether oxygens (including phenoxy) is 2. The highest BCUT2D eigenvalue weighted by Gasteiger charge is 2.12. The van der Waals surface area contributed by atoms with Gasteiger partial charge in [0.25, 0.3) is 0 Å². The molecule has 0 amide bonds. The molecule has 76 valence electrons. The Labute approximate surface area is 89.6 Å². The summed E-state index contributed by atoms with van der Waals surface area (Å²) in [4.78, 5) is 0. The first-order chi connectivity index (χ1) is 6.90. The second-order valence-corrected chi connectivity index (χ2v) is 3.82. The van der Waals surface area contributed by atoms with Crippen molar-refractivity contribution in [3.8, 4) is 11.5 Å². The van der Waals surface area contributed by atoms with Crippen molar-refractivity contribution < 1.29 is 9.47 Å². The van der Waals surface area contributed by atoms with Gasteiger partial charge in [0.15, 0.2) is 11.5 Å². The molecule has 0 radical (unpaired) electrons. The third kappa shape index (κ3) is 2.15. The summed E-state index contributed by atoms with van der Waals surface area (Å²) in [5.41, 5.74) is 1.32. The van der Waals surface area contributed by atoms with E-state index in [1.165, 1.54) is 12.0 Å². The third-order valence-electron chi connectivity index (χ3n) is 2.31. The molecule has 0 bridgehead atoms. The van der Waals surface area contributed by atoms with Crippen molar-refractivity contribution >= 4 is 12.6 Å². The van der Waals surface area contributed by atoms with Crippen molar-refractivity contribution in [1.82, 2.24) is 0 Å². The molecule has 0 aliphatic carbocycles. The summed E-state index contributed by atoms with van der Waals surface area (Å²) in [6.07, 6.45) is 3.44. The average Bonchev–Trinajstić information content (AvgIpc) is 2.65. The molecule has 0 unspecified atom stereocenters. The van der Waals surface area contributed by atoms with Gasteiger partial charge in [-0.05, 0) is 42.7 Å². The van der Waals surface area contributed by atoms with E-state index in [0.717, 1.165) is 30.1 Å². The van der Waals surface area contributed by atoms with Crippen LogP contribution in [0, 0.1) is 0 Å². The lowest BCUT2D eigenvalue weighted by molar-refractivity contribution is 0.174. The number of aryl methyl sites for hydroxylation is 1. The Balaban J connectivity index is 1.98. The molecular formula is C11H14O2S. The van der Waals surface area contributed by atoms with Crippen molar-refractivity contribution in [1.29, 1.82) is 0 Å². The zero-order valence-corrected chi connectivity index (χ0v) is 8.93. The van der Waals surface area contributed by atoms with Crippen LogP contribution in [0.25, 0.3) is 0 Å². The fourth-order valence-electron chi connectivity index (χ4n) is 1.54. The van der Waals surface area contributed by atoms with E-state index in [1.54, 1.807) is 0 Å². The minimum Gasteiger partial charge on any atom is -0.454 e. The molecule has 1 aliphatic heterocycles. The molecular weight excluding hydrogens is 196 g/mol. The largest absolute Gasteiger partial charge is 0.454 e. The van der Waals surface area contributed by atoms with Crippen LogP contribution in [0.1, 0.15) is 18.4 Å². The zero-order chi connectivity index (χ0) is 9.80. The monoisotopic (exact) mass is 210 g/mol. The van der Waals surface area contributed by atoms with Crippen LogP contribution < -0.4 is 9.47 Å². The highest BCUT2D eigenvalue weighted by Crippen LogP contribution is 2.32. The number of rotatable bonds is 4. The molecule has 2 nitrogen and oxygen atoms in total. The topological polar surface area (TPSA) is 18.5 Å². The third-order valence-corrected chi connectivity index (χ3v) is 2.63. The first-order valence-electron chi connectivity index (χ1n) is 4.89. The van der Waals surface area contributed by atoms with Crippen molar-refractivity contribution in [3.05, 3.63) is 23.8 Å². The lowest BCUT2D eigenvalue weighted by Gasteiger charge is -2.01. The molecule has 1 aliphatic rings. The normalized spacial score (nSPS) is 13.2. The molecule has 0 saturated heterocycles. The summed E-state index contributed by atoms with van der Waals surface area (Å²) in [6.45, 7) is 0.357. The van der Waals surface area contributed by atoms with E-state index >= 15 is 0 Å². The van der Waals surface area contributed by atoms with Gasteiger partial charge in [-0.3, -0.25) is 0 Å². The summed E-state index contributed by atoms with van der Waals surface area (Å²) >= 11 is 4.19. The van der Waals surface area contributed by atoms with E-state index < -0.39 is 0 Å². The minimum absolute atomic E-state index is 0.357. The van der Waals surface area contributed by atoms with Crippen LogP contribution in [-0.4, -0.2) is 12.5 Å². The summed E-state index contributed by atoms with van der Waals surface area (Å²) in [7, 11) is 0. The van der Waals surface area contributed by atoms with Gasteiger partial charge in [-0.15, -0.1) is 0 Å². The number of fused-ring (bicyclic) bond motifs is 1. The van der Waals surface area contributed by atoms with Crippen LogP contribution in [0.3, 0.4) is 0 Å². The van der Waals surface area contributed by atoms with Crippen molar-refractivity contribution in [2.24, 2.45) is 0 Å². The van der Waals surface area contributed by atoms with E-state index in [2.05, 4.69) is 24.8 Å². The average molecular weight is 210 g/mol. The first kappa shape index (κ1) is 9.71. The van der Waals surface area contributed by atoms with Crippen LogP contribution >= 0.6 is 12.6 Å². The molecule has 0 saturated carbocycles. The van der Waals surface area contributed by atoms with E-state index in [4.69, 9.17) is 9.47 Å². The zero-order valence-electron chi connectivity index (χ0n) is 8.03. The highest BCUT2D eigenvalue weighted by atomic mass is 32.1. The molecule has 0 spiro atoms. The quantitative estimate of drug-likeness (QED) is 0.608. The summed E-state index contributed by atoms with van der Waals surface area (Å²) in [6, 6.07) is 6.16. The van der Waals surface area contributed by atoms with Crippen molar-refractivity contribution in [3.63, 3.8) is 0 Å². The summed E-state index contributed by atoms with van der Waals surface area (Å²) < 4.78 is 10.6. The minimum atomic E-state index is 0.357. The standard InChI is InChI=1S/C11H14O2S/c14-6-2-1-3-9-4-5-10-11(7-9)13-8-12-10/h4-5,7,14H,1-3,6,8H2. The Morgan fingerprint density at radius 2 is 2.00 bits per heavy atom. The second-order valence-electron chi connectivity index (χ2n) is 3.37. The summed E-state index contributed by atoms with van der Waals surface area (Å²) in [5, 5.41) is 0. The Morgan fingerprint density at radius 1 is 1.14 bits per heavy atom. The van der Waals surface area contributed by atoms with Gasteiger partial charge in [-0.1, -0.05) is 6.07 Å². The molecule has 0 N–H and O–H groups in total. The van der Waals surface area contributed by atoms with Crippen LogP contribution in [0.2, 0.25) is 0 Å². The van der Waals surface area contributed by atoms with E-state index in [0.29, 0.717) is 6.79 Å². The summed E-state index contributed by atoms with van der Waals surface area (Å²) in [5.74, 6) is 2.71. The maximum atomic E-state index is 5.31. The number of unbranched alkanes of at least 4 members (excludes halogenated alkanes) is 1. The smallest absolute Gasteiger partial charge is 0.231 e. The van der Waals surface area contributed by atoms with E-state index in [9.17, 15) is 0 Å². The lowest BCUT2D eigenvalue weighted by Crippen LogP contribution is -1.93. The molecule has 0 aromatic heterocycles. The molecule has 2 rings (SSSR count). The molecule has 0 fully saturated rings. The Kier molecular flexibility index (Phi) is 3.19. The van der Waals surface area contributed by atoms with Crippen molar-refractivity contribution in [2.45, 2.75) is 19.3 Å². The molecule has 1 heterocycles. The fraction of sp³-hybridized carbons (Fsp3) is 0.455. The van der Waals surface area contributed by atoms with Crippen LogP contribution in [0.5, 0.6) is 11.5 Å². The van der Waals surface area contributed by atoms with Gasteiger partial charge >= 0.3 is 0 Å². The van der Waals surface area contributed by atoms with E-state index in [-0.39, 0.29) is 0 Å². The molecule has 1 aromatic rings. The number of hydrogen-bond acceptors (Lipinski definition) is 3. The lowest BCUT2D eigenvalue weighted by atomic mass is 10.1. The molecule has 3 heteroatoms. The van der Waals surface area contributed by atoms with E-state index in [1.807, 2.05) is 6.07 Å². The van der Waals surface area contributed by atoms with Gasteiger partial charge in [0.05, 0.1) is 0 Å². The second kappa shape index (κ2) is 4.60.